The molecule has 1 amide bonds. The molecule has 1 N–H and O–H groups in total. The van der Waals surface area contributed by atoms with Gasteiger partial charge in [-0.2, -0.15) is 5.10 Å². The molecule has 0 saturated heterocycles. The highest BCUT2D eigenvalue weighted by Crippen LogP contribution is 2.41. The highest BCUT2D eigenvalue weighted by molar-refractivity contribution is 7.84. The number of carbonyl (C=O) groups excluding carboxylic acids is 1. The number of fused-ring (bicyclic) bond motifs is 1. The summed E-state index contributed by atoms with van der Waals surface area (Å²) in [6.45, 7) is 7.96. The van der Waals surface area contributed by atoms with Crippen LogP contribution in [0.25, 0.3) is 11.1 Å². The normalized spacial score (nSPS) is 19.5. The molecule has 6 nitrogen and oxygen atoms in total. The van der Waals surface area contributed by atoms with Gasteiger partial charge in [-0.25, -0.2) is 8.93 Å². The van der Waals surface area contributed by atoms with Crippen molar-refractivity contribution in [3.8, 4) is 11.1 Å². The second-order valence-corrected chi connectivity index (χ2v) is 11.1. The van der Waals surface area contributed by atoms with Crippen LogP contribution in [0.4, 0.5) is 5.69 Å². The summed E-state index contributed by atoms with van der Waals surface area (Å²) < 4.78 is 17.3. The number of hydrogen-bond acceptors (Lipinski definition) is 3. The summed E-state index contributed by atoms with van der Waals surface area (Å²) in [7, 11) is 0.511. The van der Waals surface area contributed by atoms with Crippen LogP contribution >= 0.6 is 0 Å². The molecule has 0 aliphatic carbocycles. The number of carbonyl (C=O) groups is 1. The Bertz CT molecular complexity index is 1150. The standard InChI is InChI=1S/C24H28N4O2S/c1-23(2,3)31(30)26-24(4)20-8-6-7-9-21(20)28(22(24)29)15-17-10-12-18(13-11-17)19-14-25-27(5)16-19/h6-14,16,26H,15H2,1-5H3. The minimum Gasteiger partial charge on any atom is -0.306 e. The molecule has 31 heavy (non-hydrogen) atoms. The Hall–Kier alpha value is -2.77. The van der Waals surface area contributed by atoms with Crippen LogP contribution in [0.5, 0.6) is 0 Å². The van der Waals surface area contributed by atoms with Crippen molar-refractivity contribution in [2.24, 2.45) is 7.05 Å². The Morgan fingerprint density at radius 3 is 2.35 bits per heavy atom. The molecule has 4 rings (SSSR count). The van der Waals surface area contributed by atoms with Gasteiger partial charge in [0.15, 0.2) is 0 Å². The maximum Gasteiger partial charge on any atom is 0.252 e. The number of nitrogens with one attached hydrogen (secondary N) is 1. The van der Waals surface area contributed by atoms with Crippen molar-refractivity contribution in [2.45, 2.75) is 44.5 Å². The molecule has 162 valence electrons. The summed E-state index contributed by atoms with van der Waals surface area (Å²) in [5.41, 5.74) is 3.83. The van der Waals surface area contributed by atoms with Gasteiger partial charge in [0, 0.05) is 30.1 Å². The zero-order valence-electron chi connectivity index (χ0n) is 18.5. The quantitative estimate of drug-likeness (QED) is 0.660. The molecular weight excluding hydrogens is 408 g/mol. The van der Waals surface area contributed by atoms with Gasteiger partial charge < -0.3 is 4.90 Å². The number of hydrogen-bond donors (Lipinski definition) is 1. The molecule has 1 aromatic heterocycles. The number of rotatable bonds is 5. The third-order valence-corrected chi connectivity index (χ3v) is 7.30. The molecule has 2 atom stereocenters. The molecule has 1 aliphatic rings. The van der Waals surface area contributed by atoms with Gasteiger partial charge in [-0.05, 0) is 44.9 Å². The third-order valence-electron chi connectivity index (χ3n) is 5.59. The topological polar surface area (TPSA) is 67.2 Å². The number of para-hydroxylation sites is 1. The number of benzene rings is 2. The van der Waals surface area contributed by atoms with E-state index in [1.54, 1.807) is 9.58 Å². The Labute approximate surface area is 185 Å². The van der Waals surface area contributed by atoms with Crippen molar-refractivity contribution < 1.29 is 9.00 Å². The summed E-state index contributed by atoms with van der Waals surface area (Å²) in [5.74, 6) is -0.0948. The van der Waals surface area contributed by atoms with Gasteiger partial charge >= 0.3 is 0 Å². The molecule has 2 aromatic carbocycles. The van der Waals surface area contributed by atoms with Gasteiger partial charge in [0.05, 0.1) is 28.5 Å². The molecular formula is C24H28N4O2S. The maximum atomic E-state index is 13.6. The molecule has 0 bridgehead atoms. The molecule has 0 fully saturated rings. The van der Waals surface area contributed by atoms with Gasteiger partial charge in [0.25, 0.3) is 5.91 Å². The van der Waals surface area contributed by atoms with Crippen LogP contribution in [-0.4, -0.2) is 24.6 Å². The Balaban J connectivity index is 1.62. The van der Waals surface area contributed by atoms with E-state index in [0.717, 1.165) is 27.9 Å². The summed E-state index contributed by atoms with van der Waals surface area (Å²) >= 11 is 0. The van der Waals surface area contributed by atoms with Crippen molar-refractivity contribution in [3.63, 3.8) is 0 Å². The van der Waals surface area contributed by atoms with Crippen LogP contribution in [0.15, 0.2) is 60.9 Å². The van der Waals surface area contributed by atoms with Crippen LogP contribution in [0, 0.1) is 0 Å². The summed E-state index contributed by atoms with van der Waals surface area (Å²) in [6.07, 6.45) is 3.81. The number of nitrogens with zero attached hydrogens (tertiary/aromatic N) is 3. The Kier molecular flexibility index (Phi) is 5.35. The van der Waals surface area contributed by atoms with E-state index < -0.39 is 21.3 Å². The van der Waals surface area contributed by atoms with Gasteiger partial charge in [-0.1, -0.05) is 42.5 Å². The SMILES string of the molecule is Cn1cc(-c2ccc(CN3C(=O)C(C)(NS(=O)C(C)(C)C)c4ccccc43)cc2)cn1. The molecule has 0 radical (unpaired) electrons. The van der Waals surface area contributed by atoms with Gasteiger partial charge in [-0.15, -0.1) is 0 Å². The van der Waals surface area contributed by atoms with E-state index in [2.05, 4.69) is 9.82 Å². The average molecular weight is 437 g/mol. The van der Waals surface area contributed by atoms with Gasteiger partial charge in [-0.3, -0.25) is 9.48 Å². The lowest BCUT2D eigenvalue weighted by molar-refractivity contribution is -0.123. The second kappa shape index (κ2) is 7.73. The first-order chi connectivity index (χ1) is 14.6. The minimum atomic E-state index is -1.38. The lowest BCUT2D eigenvalue weighted by Gasteiger charge is -2.29. The van der Waals surface area contributed by atoms with E-state index in [-0.39, 0.29) is 5.91 Å². The zero-order valence-corrected chi connectivity index (χ0v) is 19.4. The number of anilines is 1. The van der Waals surface area contributed by atoms with Crippen molar-refractivity contribution >= 4 is 22.6 Å². The van der Waals surface area contributed by atoms with Crippen LogP contribution in [0.1, 0.15) is 38.8 Å². The fourth-order valence-corrected chi connectivity index (χ4v) is 4.65. The highest BCUT2D eigenvalue weighted by Gasteiger charge is 2.49. The smallest absolute Gasteiger partial charge is 0.252 e. The van der Waals surface area contributed by atoms with Crippen molar-refractivity contribution in [1.29, 1.82) is 0 Å². The molecule has 0 saturated carbocycles. The van der Waals surface area contributed by atoms with Gasteiger partial charge in [0.2, 0.25) is 0 Å². The maximum absolute atomic E-state index is 13.6. The van der Waals surface area contributed by atoms with Crippen molar-refractivity contribution in [3.05, 3.63) is 72.1 Å². The predicted octanol–water partition coefficient (Wildman–Crippen LogP) is 3.90. The largest absolute Gasteiger partial charge is 0.306 e. The van der Waals surface area contributed by atoms with Crippen molar-refractivity contribution in [1.82, 2.24) is 14.5 Å². The fraction of sp³-hybridized carbons (Fsp3) is 0.333. The number of aryl methyl sites for hydroxylation is 1. The molecule has 7 heteroatoms. The summed E-state index contributed by atoms with van der Waals surface area (Å²) in [5, 5.41) is 4.22. The highest BCUT2D eigenvalue weighted by atomic mass is 32.2. The summed E-state index contributed by atoms with van der Waals surface area (Å²) in [6, 6.07) is 15.9. The first-order valence-corrected chi connectivity index (χ1v) is 11.4. The van der Waals surface area contributed by atoms with E-state index in [1.165, 1.54) is 0 Å². The first kappa shape index (κ1) is 21.5. The fourth-order valence-electron chi connectivity index (χ4n) is 3.78. The van der Waals surface area contributed by atoms with E-state index >= 15 is 0 Å². The minimum absolute atomic E-state index is 0.0948. The van der Waals surface area contributed by atoms with E-state index in [9.17, 15) is 9.00 Å². The lowest BCUT2D eigenvalue weighted by atomic mass is 9.95. The average Bonchev–Trinajstić information content (AvgIpc) is 3.24. The number of amides is 1. The zero-order chi connectivity index (χ0) is 22.4. The monoisotopic (exact) mass is 436 g/mol. The van der Waals surface area contributed by atoms with Crippen LogP contribution in [0.2, 0.25) is 0 Å². The van der Waals surface area contributed by atoms with Crippen LogP contribution < -0.4 is 9.62 Å². The molecule has 2 heterocycles. The van der Waals surface area contributed by atoms with E-state index in [1.807, 2.05) is 95.7 Å². The third kappa shape index (κ3) is 3.95. The van der Waals surface area contributed by atoms with E-state index in [4.69, 9.17) is 0 Å². The molecule has 0 spiro atoms. The van der Waals surface area contributed by atoms with Crippen LogP contribution in [-0.2, 0) is 34.9 Å². The Morgan fingerprint density at radius 2 is 1.74 bits per heavy atom. The molecule has 3 aromatic rings. The lowest BCUT2D eigenvalue weighted by Crippen LogP contribution is -2.52. The van der Waals surface area contributed by atoms with Crippen LogP contribution in [0.3, 0.4) is 0 Å². The van der Waals surface area contributed by atoms with Gasteiger partial charge in [0.1, 0.15) is 5.54 Å². The van der Waals surface area contributed by atoms with E-state index in [0.29, 0.717) is 6.54 Å². The van der Waals surface area contributed by atoms with Crippen molar-refractivity contribution in [2.75, 3.05) is 4.90 Å². The molecule has 2 unspecified atom stereocenters. The Morgan fingerprint density at radius 1 is 1.06 bits per heavy atom. The first-order valence-electron chi connectivity index (χ1n) is 10.3. The second-order valence-electron chi connectivity index (χ2n) is 9.12. The summed E-state index contributed by atoms with van der Waals surface area (Å²) in [4.78, 5) is 15.3. The predicted molar refractivity (Wildman–Crippen MR) is 125 cm³/mol. The molecule has 1 aliphatic heterocycles. The number of aromatic nitrogens is 2.